The summed E-state index contributed by atoms with van der Waals surface area (Å²) in [4.78, 5) is 16.9. The monoisotopic (exact) mass is 394 g/mol. The van der Waals surface area contributed by atoms with Crippen LogP contribution in [0.25, 0.3) is 0 Å². The minimum atomic E-state index is -0.0577. The van der Waals surface area contributed by atoms with Gasteiger partial charge >= 0.3 is 0 Å². The number of benzene rings is 1. The van der Waals surface area contributed by atoms with Gasteiger partial charge in [-0.3, -0.25) is 14.4 Å². The van der Waals surface area contributed by atoms with Crippen LogP contribution in [-0.2, 0) is 12.1 Å². The highest BCUT2D eigenvalue weighted by Crippen LogP contribution is 2.27. The molecular formula is C19H24Cl2N4O. The number of carbonyl (C=O) groups excluding carboxylic acids is 1. The van der Waals surface area contributed by atoms with Gasteiger partial charge in [-0.2, -0.15) is 5.10 Å². The number of nitrogens with zero attached hydrogens (tertiary/aromatic N) is 4. The van der Waals surface area contributed by atoms with Crippen molar-refractivity contribution in [1.82, 2.24) is 19.6 Å². The van der Waals surface area contributed by atoms with E-state index < -0.39 is 0 Å². The van der Waals surface area contributed by atoms with Gasteiger partial charge < -0.3 is 4.90 Å². The maximum atomic E-state index is 12.7. The van der Waals surface area contributed by atoms with Crippen LogP contribution in [-0.4, -0.2) is 51.7 Å². The van der Waals surface area contributed by atoms with Crippen LogP contribution in [0.1, 0.15) is 36.7 Å². The minimum Gasteiger partial charge on any atom is -0.336 e. The Kier molecular flexibility index (Phi) is 5.61. The number of halogens is 2. The molecule has 140 valence electrons. The lowest BCUT2D eigenvalue weighted by molar-refractivity contribution is 0.0628. The van der Waals surface area contributed by atoms with Gasteiger partial charge in [-0.15, -0.1) is 0 Å². The summed E-state index contributed by atoms with van der Waals surface area (Å²) in [6.07, 6.45) is 4.03. The second-order valence-electron chi connectivity index (χ2n) is 7.63. The van der Waals surface area contributed by atoms with E-state index in [4.69, 9.17) is 23.2 Å². The van der Waals surface area contributed by atoms with Crippen molar-refractivity contribution < 1.29 is 4.79 Å². The molecule has 1 aromatic heterocycles. The molecule has 7 heteroatoms. The van der Waals surface area contributed by atoms with E-state index in [0.717, 1.165) is 19.6 Å². The molecule has 0 bridgehead atoms. The van der Waals surface area contributed by atoms with Gasteiger partial charge in [0.2, 0.25) is 0 Å². The molecule has 2 heterocycles. The Labute approximate surface area is 164 Å². The standard InChI is InChI=1S/C19H24Cl2N4O/c1-19(2,3)25-13-14(11-22-25)12-23-7-9-24(10-8-23)18(26)15-5-4-6-16(20)17(15)21/h4-6,11,13H,7-10,12H2,1-3H3. The Morgan fingerprint density at radius 2 is 1.85 bits per heavy atom. The van der Waals surface area contributed by atoms with Crippen LogP contribution in [0, 0.1) is 0 Å². The molecule has 0 unspecified atom stereocenters. The Morgan fingerprint density at radius 3 is 2.46 bits per heavy atom. The molecule has 0 spiro atoms. The van der Waals surface area contributed by atoms with Gasteiger partial charge in [0.05, 0.1) is 27.3 Å². The number of aromatic nitrogens is 2. The zero-order valence-corrected chi connectivity index (χ0v) is 16.9. The van der Waals surface area contributed by atoms with Crippen molar-refractivity contribution in [3.63, 3.8) is 0 Å². The first-order chi connectivity index (χ1) is 12.3. The smallest absolute Gasteiger partial charge is 0.255 e. The second kappa shape index (κ2) is 7.59. The normalized spacial score (nSPS) is 16.1. The highest BCUT2D eigenvalue weighted by atomic mass is 35.5. The van der Waals surface area contributed by atoms with Crippen molar-refractivity contribution in [3.05, 3.63) is 51.8 Å². The van der Waals surface area contributed by atoms with Crippen molar-refractivity contribution in [3.8, 4) is 0 Å². The molecule has 1 aromatic carbocycles. The number of piperazine rings is 1. The molecule has 0 atom stereocenters. The molecule has 5 nitrogen and oxygen atoms in total. The lowest BCUT2D eigenvalue weighted by Gasteiger charge is -2.34. The number of amides is 1. The van der Waals surface area contributed by atoms with Crippen LogP contribution in [0.2, 0.25) is 10.0 Å². The van der Waals surface area contributed by atoms with E-state index >= 15 is 0 Å². The van der Waals surface area contributed by atoms with E-state index in [1.807, 2.05) is 15.8 Å². The van der Waals surface area contributed by atoms with E-state index in [1.165, 1.54) is 5.56 Å². The second-order valence-corrected chi connectivity index (χ2v) is 8.42. The van der Waals surface area contributed by atoms with Crippen LogP contribution in [0.15, 0.2) is 30.6 Å². The first-order valence-electron chi connectivity index (χ1n) is 8.75. The maximum Gasteiger partial charge on any atom is 0.255 e. The highest BCUT2D eigenvalue weighted by molar-refractivity contribution is 6.43. The van der Waals surface area contributed by atoms with Crippen molar-refractivity contribution in [2.24, 2.45) is 0 Å². The van der Waals surface area contributed by atoms with Gasteiger partial charge in [0.1, 0.15) is 0 Å². The number of carbonyl (C=O) groups is 1. The Hall–Kier alpha value is -1.56. The molecule has 1 aliphatic rings. The fourth-order valence-electron chi connectivity index (χ4n) is 3.02. The minimum absolute atomic E-state index is 0.0143. The van der Waals surface area contributed by atoms with E-state index in [9.17, 15) is 4.79 Å². The molecule has 1 saturated heterocycles. The topological polar surface area (TPSA) is 41.4 Å². The molecule has 1 fully saturated rings. The zero-order chi connectivity index (χ0) is 18.9. The first kappa shape index (κ1) is 19.2. The fourth-order valence-corrected chi connectivity index (χ4v) is 3.40. The SMILES string of the molecule is CC(C)(C)n1cc(CN2CCN(C(=O)c3cccc(Cl)c3Cl)CC2)cn1. The van der Waals surface area contributed by atoms with Gasteiger partial charge in [-0.25, -0.2) is 0 Å². The molecule has 0 saturated carbocycles. The average molecular weight is 395 g/mol. The third kappa shape index (κ3) is 4.22. The average Bonchev–Trinajstić information content (AvgIpc) is 3.06. The Bertz CT molecular complexity index is 789. The zero-order valence-electron chi connectivity index (χ0n) is 15.4. The van der Waals surface area contributed by atoms with Crippen molar-refractivity contribution in [2.75, 3.05) is 26.2 Å². The van der Waals surface area contributed by atoms with Gasteiger partial charge in [-0.05, 0) is 32.9 Å². The number of hydrogen-bond acceptors (Lipinski definition) is 3. The molecule has 0 N–H and O–H groups in total. The summed E-state index contributed by atoms with van der Waals surface area (Å²) in [7, 11) is 0. The van der Waals surface area contributed by atoms with Gasteiger partial charge in [0.15, 0.2) is 0 Å². The summed E-state index contributed by atoms with van der Waals surface area (Å²) >= 11 is 12.2. The van der Waals surface area contributed by atoms with Crippen LogP contribution in [0.4, 0.5) is 0 Å². The highest BCUT2D eigenvalue weighted by Gasteiger charge is 2.24. The third-order valence-corrected chi connectivity index (χ3v) is 5.39. The summed E-state index contributed by atoms with van der Waals surface area (Å²) < 4.78 is 1.99. The van der Waals surface area contributed by atoms with Crippen LogP contribution in [0.5, 0.6) is 0 Å². The predicted molar refractivity (Wildman–Crippen MR) is 105 cm³/mol. The molecule has 1 aliphatic heterocycles. The van der Waals surface area contributed by atoms with Crippen LogP contribution in [0.3, 0.4) is 0 Å². The first-order valence-corrected chi connectivity index (χ1v) is 9.51. The summed E-state index contributed by atoms with van der Waals surface area (Å²) in [6, 6.07) is 5.17. The van der Waals surface area contributed by atoms with Crippen molar-refractivity contribution in [2.45, 2.75) is 32.9 Å². The largest absolute Gasteiger partial charge is 0.336 e. The molecule has 3 rings (SSSR count). The molecule has 2 aromatic rings. The molecule has 0 aliphatic carbocycles. The van der Waals surface area contributed by atoms with E-state index in [0.29, 0.717) is 28.7 Å². The number of hydrogen-bond donors (Lipinski definition) is 0. The summed E-state index contributed by atoms with van der Waals surface area (Å²) in [5, 5.41) is 5.19. The molecular weight excluding hydrogens is 371 g/mol. The van der Waals surface area contributed by atoms with Crippen LogP contribution >= 0.6 is 23.2 Å². The van der Waals surface area contributed by atoms with E-state index in [2.05, 4.69) is 37.0 Å². The Balaban J connectivity index is 1.58. The summed E-state index contributed by atoms with van der Waals surface area (Å²) in [5.41, 5.74) is 1.65. The van der Waals surface area contributed by atoms with E-state index in [-0.39, 0.29) is 11.4 Å². The fraction of sp³-hybridized carbons (Fsp3) is 0.474. The van der Waals surface area contributed by atoms with Gasteiger partial charge in [0, 0.05) is 44.5 Å². The van der Waals surface area contributed by atoms with Gasteiger partial charge in [0.25, 0.3) is 5.91 Å². The lowest BCUT2D eigenvalue weighted by Crippen LogP contribution is -2.48. The van der Waals surface area contributed by atoms with Crippen LogP contribution < -0.4 is 0 Å². The van der Waals surface area contributed by atoms with Crippen molar-refractivity contribution in [1.29, 1.82) is 0 Å². The van der Waals surface area contributed by atoms with Gasteiger partial charge in [-0.1, -0.05) is 29.3 Å². The van der Waals surface area contributed by atoms with E-state index in [1.54, 1.807) is 18.2 Å². The summed E-state index contributed by atoms with van der Waals surface area (Å²) in [5.74, 6) is -0.0577. The lowest BCUT2D eigenvalue weighted by atomic mass is 10.1. The third-order valence-electron chi connectivity index (χ3n) is 4.57. The quantitative estimate of drug-likeness (QED) is 0.792. The molecule has 26 heavy (non-hydrogen) atoms. The maximum absolute atomic E-state index is 12.7. The van der Waals surface area contributed by atoms with Crippen molar-refractivity contribution >= 4 is 29.1 Å². The predicted octanol–water partition coefficient (Wildman–Crippen LogP) is 3.90. The molecule has 0 radical (unpaired) electrons. The summed E-state index contributed by atoms with van der Waals surface area (Å²) in [6.45, 7) is 10.2. The number of rotatable bonds is 3. The molecule has 1 amide bonds. The Morgan fingerprint density at radius 1 is 1.15 bits per heavy atom.